The van der Waals surface area contributed by atoms with Gasteiger partial charge < -0.3 is 15.0 Å². The second kappa shape index (κ2) is 7.48. The maximum Gasteiger partial charge on any atom is 0.259 e. The maximum absolute atomic E-state index is 5.97. The van der Waals surface area contributed by atoms with E-state index >= 15 is 0 Å². The van der Waals surface area contributed by atoms with E-state index in [2.05, 4.69) is 48.7 Å². The molecule has 0 amide bonds. The highest BCUT2D eigenvalue weighted by Crippen LogP contribution is 2.29. The van der Waals surface area contributed by atoms with Crippen LogP contribution in [0.1, 0.15) is 25.2 Å². The van der Waals surface area contributed by atoms with Crippen LogP contribution in [0.5, 0.6) is 0 Å². The Kier molecular flexibility index (Phi) is 5.94. The Bertz CT molecular complexity index is 576. The van der Waals surface area contributed by atoms with E-state index in [-0.39, 0.29) is 6.04 Å². The molecule has 0 saturated carbocycles. The number of nitrogens with two attached hydrogens (primary N) is 1. The third kappa shape index (κ3) is 4.00. The van der Waals surface area contributed by atoms with Crippen LogP contribution in [0, 0.1) is 3.57 Å². The molecule has 2 N–H and O–H groups in total. The quantitative estimate of drug-likeness (QED) is 0.537. The lowest BCUT2D eigenvalue weighted by Gasteiger charge is -2.06. The summed E-state index contributed by atoms with van der Waals surface area (Å²) in [5, 5.41) is 3.93. The first kappa shape index (κ1) is 15.9. The van der Waals surface area contributed by atoms with E-state index in [4.69, 9.17) is 15.0 Å². The summed E-state index contributed by atoms with van der Waals surface area (Å²) in [5.41, 5.74) is 6.83. The Hall–Kier alpha value is -0.510. The highest BCUT2D eigenvalue weighted by molar-refractivity contribution is 14.1. The maximum atomic E-state index is 5.97. The SMILES string of the molecule is CCCOCC(N)c1noc(-c2cc(I)ccc2Br)n1. The van der Waals surface area contributed by atoms with Gasteiger partial charge in [-0.2, -0.15) is 4.98 Å². The minimum absolute atomic E-state index is 0.374. The van der Waals surface area contributed by atoms with Gasteiger partial charge in [0.1, 0.15) is 0 Å². The largest absolute Gasteiger partial charge is 0.379 e. The van der Waals surface area contributed by atoms with Crippen molar-refractivity contribution in [2.75, 3.05) is 13.2 Å². The Morgan fingerprint density at radius 2 is 2.30 bits per heavy atom. The topological polar surface area (TPSA) is 74.2 Å². The molecule has 0 aliphatic carbocycles. The molecule has 1 heterocycles. The fraction of sp³-hybridized carbons (Fsp3) is 0.385. The van der Waals surface area contributed by atoms with Crippen molar-refractivity contribution >= 4 is 38.5 Å². The molecule has 0 radical (unpaired) electrons. The van der Waals surface area contributed by atoms with Crippen LogP contribution in [0.25, 0.3) is 11.5 Å². The second-order valence-corrected chi connectivity index (χ2v) is 6.36. The van der Waals surface area contributed by atoms with Crippen molar-refractivity contribution in [2.24, 2.45) is 5.73 Å². The molecule has 2 aromatic rings. The summed E-state index contributed by atoms with van der Waals surface area (Å²) in [5.74, 6) is 0.915. The van der Waals surface area contributed by atoms with Gasteiger partial charge >= 0.3 is 0 Å². The van der Waals surface area contributed by atoms with Gasteiger partial charge in [-0.3, -0.25) is 0 Å². The minimum atomic E-state index is -0.374. The highest BCUT2D eigenvalue weighted by atomic mass is 127. The van der Waals surface area contributed by atoms with E-state index in [1.807, 2.05) is 25.1 Å². The third-order valence-electron chi connectivity index (χ3n) is 2.58. The van der Waals surface area contributed by atoms with Crippen molar-refractivity contribution in [1.82, 2.24) is 10.1 Å². The monoisotopic (exact) mass is 451 g/mol. The molecule has 2 rings (SSSR count). The molecular weight excluding hydrogens is 437 g/mol. The fourth-order valence-corrected chi connectivity index (χ4v) is 2.49. The molecular formula is C13H15BrIN3O2. The Balaban J connectivity index is 2.14. The molecule has 0 fully saturated rings. The van der Waals surface area contributed by atoms with Crippen molar-refractivity contribution in [3.63, 3.8) is 0 Å². The normalized spacial score (nSPS) is 12.6. The van der Waals surface area contributed by atoms with Gasteiger partial charge in [0, 0.05) is 14.6 Å². The molecule has 0 spiro atoms. The number of nitrogens with zero attached hydrogens (tertiary/aromatic N) is 2. The summed E-state index contributed by atoms with van der Waals surface area (Å²) in [6.07, 6.45) is 0.958. The summed E-state index contributed by atoms with van der Waals surface area (Å²) < 4.78 is 12.7. The molecule has 1 unspecified atom stereocenters. The third-order valence-corrected chi connectivity index (χ3v) is 3.94. The first-order chi connectivity index (χ1) is 9.61. The van der Waals surface area contributed by atoms with E-state index in [1.54, 1.807) is 0 Å². The molecule has 0 aliphatic rings. The van der Waals surface area contributed by atoms with E-state index in [9.17, 15) is 0 Å². The van der Waals surface area contributed by atoms with E-state index in [1.165, 1.54) is 0 Å². The number of hydrogen-bond acceptors (Lipinski definition) is 5. The zero-order chi connectivity index (χ0) is 14.5. The Morgan fingerprint density at radius 3 is 3.05 bits per heavy atom. The molecule has 7 heteroatoms. The van der Waals surface area contributed by atoms with Crippen molar-refractivity contribution in [3.05, 3.63) is 32.1 Å². The van der Waals surface area contributed by atoms with Crippen LogP contribution in [0.2, 0.25) is 0 Å². The predicted octanol–water partition coefficient (Wildman–Crippen LogP) is 3.53. The molecule has 20 heavy (non-hydrogen) atoms. The van der Waals surface area contributed by atoms with Crippen LogP contribution in [-0.4, -0.2) is 23.4 Å². The van der Waals surface area contributed by atoms with Gasteiger partial charge in [-0.25, -0.2) is 0 Å². The van der Waals surface area contributed by atoms with Gasteiger partial charge in [0.15, 0.2) is 5.82 Å². The van der Waals surface area contributed by atoms with Crippen molar-refractivity contribution in [1.29, 1.82) is 0 Å². The molecule has 108 valence electrons. The van der Waals surface area contributed by atoms with Crippen LogP contribution in [0.15, 0.2) is 27.2 Å². The summed E-state index contributed by atoms with van der Waals surface area (Å²) in [7, 11) is 0. The second-order valence-electron chi connectivity index (χ2n) is 4.26. The number of aromatic nitrogens is 2. The average Bonchev–Trinajstić information content (AvgIpc) is 2.91. The van der Waals surface area contributed by atoms with E-state index < -0.39 is 0 Å². The lowest BCUT2D eigenvalue weighted by Crippen LogP contribution is -2.18. The Labute approximate surface area is 139 Å². The number of halogens is 2. The first-order valence-electron chi connectivity index (χ1n) is 6.24. The van der Waals surface area contributed by atoms with Gasteiger partial charge in [0.25, 0.3) is 5.89 Å². The van der Waals surface area contributed by atoms with Crippen LogP contribution >= 0.6 is 38.5 Å². The number of benzene rings is 1. The summed E-state index contributed by atoms with van der Waals surface area (Å²) in [4.78, 5) is 4.34. The summed E-state index contributed by atoms with van der Waals surface area (Å²) >= 11 is 5.71. The number of ether oxygens (including phenoxy) is 1. The molecule has 0 bridgehead atoms. The average molecular weight is 452 g/mol. The van der Waals surface area contributed by atoms with Gasteiger partial charge in [0.2, 0.25) is 0 Å². The summed E-state index contributed by atoms with van der Waals surface area (Å²) in [6.45, 7) is 3.12. The zero-order valence-electron chi connectivity index (χ0n) is 11.0. The van der Waals surface area contributed by atoms with E-state index in [0.29, 0.717) is 24.9 Å². The van der Waals surface area contributed by atoms with Crippen molar-refractivity contribution < 1.29 is 9.26 Å². The van der Waals surface area contributed by atoms with E-state index in [0.717, 1.165) is 20.0 Å². The lowest BCUT2D eigenvalue weighted by atomic mass is 10.2. The van der Waals surface area contributed by atoms with Crippen molar-refractivity contribution in [2.45, 2.75) is 19.4 Å². The Morgan fingerprint density at radius 1 is 1.50 bits per heavy atom. The molecule has 0 aliphatic heterocycles. The lowest BCUT2D eigenvalue weighted by molar-refractivity contribution is 0.119. The molecule has 0 saturated heterocycles. The highest BCUT2D eigenvalue weighted by Gasteiger charge is 2.17. The van der Waals surface area contributed by atoms with Gasteiger partial charge in [0.05, 0.1) is 18.2 Å². The molecule has 1 aromatic heterocycles. The summed E-state index contributed by atoms with van der Waals surface area (Å²) in [6, 6.07) is 5.54. The standard InChI is InChI=1S/C13H15BrIN3O2/c1-2-5-19-7-11(16)12-17-13(20-18-12)9-6-8(15)3-4-10(9)14/h3-4,6,11H,2,5,7,16H2,1H3. The first-order valence-corrected chi connectivity index (χ1v) is 8.11. The number of rotatable bonds is 6. The number of hydrogen-bond donors (Lipinski definition) is 1. The predicted molar refractivity (Wildman–Crippen MR) is 88.2 cm³/mol. The zero-order valence-corrected chi connectivity index (χ0v) is 14.7. The van der Waals surface area contributed by atoms with Crippen molar-refractivity contribution in [3.8, 4) is 11.5 Å². The van der Waals surface area contributed by atoms with Crippen LogP contribution < -0.4 is 5.73 Å². The van der Waals surface area contributed by atoms with Gasteiger partial charge in [-0.1, -0.05) is 12.1 Å². The van der Waals surface area contributed by atoms with Crippen LogP contribution in [0.3, 0.4) is 0 Å². The van der Waals surface area contributed by atoms with Gasteiger partial charge in [-0.05, 0) is 63.1 Å². The molecule has 1 atom stereocenters. The molecule has 1 aromatic carbocycles. The van der Waals surface area contributed by atoms with Gasteiger partial charge in [-0.15, -0.1) is 0 Å². The van der Waals surface area contributed by atoms with Crippen LogP contribution in [-0.2, 0) is 4.74 Å². The molecule has 5 nitrogen and oxygen atoms in total. The fourth-order valence-electron chi connectivity index (χ4n) is 1.59. The minimum Gasteiger partial charge on any atom is -0.379 e. The smallest absolute Gasteiger partial charge is 0.259 e. The van der Waals surface area contributed by atoms with Crippen LogP contribution in [0.4, 0.5) is 0 Å².